The van der Waals surface area contributed by atoms with E-state index in [4.69, 9.17) is 5.11 Å². The van der Waals surface area contributed by atoms with Gasteiger partial charge in [-0.3, -0.25) is 0 Å². The summed E-state index contributed by atoms with van der Waals surface area (Å²) in [5, 5.41) is 12.1. The lowest BCUT2D eigenvalue weighted by Gasteiger charge is -2.27. The van der Waals surface area contributed by atoms with Gasteiger partial charge in [-0.1, -0.05) is 0 Å². The molecule has 0 spiro atoms. The van der Waals surface area contributed by atoms with Gasteiger partial charge in [0.15, 0.2) is 0 Å². The second-order valence-corrected chi connectivity index (χ2v) is 4.76. The van der Waals surface area contributed by atoms with E-state index in [-0.39, 0.29) is 0 Å². The highest BCUT2D eigenvalue weighted by Crippen LogP contribution is 2.11. The molecule has 1 rings (SSSR count). The summed E-state index contributed by atoms with van der Waals surface area (Å²) in [6.45, 7) is 5.15. The van der Waals surface area contributed by atoms with E-state index in [9.17, 15) is 0 Å². The molecule has 3 heteroatoms. The molecule has 1 unspecified atom stereocenters. The summed E-state index contributed by atoms with van der Waals surface area (Å²) >= 11 is 0. The number of nitrogens with one attached hydrogen (secondary N) is 1. The number of hydrogen-bond acceptors (Lipinski definition) is 3. The SMILES string of the molecule is CN(CCCCCO)CC1CCCNC1. The molecule has 0 radical (unpaired) electrons. The molecule has 2 N–H and O–H groups in total. The Morgan fingerprint density at radius 3 is 2.87 bits per heavy atom. The molecule has 15 heavy (non-hydrogen) atoms. The van der Waals surface area contributed by atoms with E-state index in [2.05, 4.69) is 17.3 Å². The first-order chi connectivity index (χ1) is 7.33. The average Bonchev–Trinajstić information content (AvgIpc) is 2.26. The van der Waals surface area contributed by atoms with Crippen molar-refractivity contribution in [1.82, 2.24) is 10.2 Å². The normalized spacial score (nSPS) is 22.2. The number of aliphatic hydroxyl groups excluding tert-OH is 1. The molecule has 0 aliphatic carbocycles. The fourth-order valence-corrected chi connectivity index (χ4v) is 2.28. The van der Waals surface area contributed by atoms with Gasteiger partial charge in [0.25, 0.3) is 0 Å². The van der Waals surface area contributed by atoms with Gasteiger partial charge < -0.3 is 15.3 Å². The maximum Gasteiger partial charge on any atom is 0.0431 e. The minimum Gasteiger partial charge on any atom is -0.396 e. The molecular formula is C12H26N2O. The summed E-state index contributed by atoms with van der Waals surface area (Å²) in [6, 6.07) is 0. The van der Waals surface area contributed by atoms with E-state index in [1.807, 2.05) is 0 Å². The maximum absolute atomic E-state index is 8.67. The van der Waals surface area contributed by atoms with Crippen molar-refractivity contribution in [1.29, 1.82) is 0 Å². The lowest BCUT2D eigenvalue weighted by molar-refractivity contribution is 0.234. The zero-order valence-corrected chi connectivity index (χ0v) is 10.0. The van der Waals surface area contributed by atoms with Crippen LogP contribution in [0.2, 0.25) is 0 Å². The molecule has 90 valence electrons. The van der Waals surface area contributed by atoms with Crippen LogP contribution in [0.1, 0.15) is 32.1 Å². The molecule has 0 aromatic rings. The lowest BCUT2D eigenvalue weighted by atomic mass is 9.99. The van der Waals surface area contributed by atoms with Crippen LogP contribution in [0.15, 0.2) is 0 Å². The Morgan fingerprint density at radius 2 is 2.20 bits per heavy atom. The van der Waals surface area contributed by atoms with Gasteiger partial charge in [0, 0.05) is 13.2 Å². The Bertz CT molecular complexity index is 147. The van der Waals surface area contributed by atoms with Crippen LogP contribution in [0, 0.1) is 5.92 Å². The van der Waals surface area contributed by atoms with Crippen LogP contribution in [-0.2, 0) is 0 Å². The topological polar surface area (TPSA) is 35.5 Å². The van der Waals surface area contributed by atoms with Crippen molar-refractivity contribution < 1.29 is 5.11 Å². The number of unbranched alkanes of at least 4 members (excludes halogenated alkanes) is 2. The fraction of sp³-hybridized carbons (Fsp3) is 1.00. The second kappa shape index (κ2) is 8.08. The minimum absolute atomic E-state index is 0.344. The zero-order chi connectivity index (χ0) is 10.9. The van der Waals surface area contributed by atoms with E-state index in [0.29, 0.717) is 6.61 Å². The van der Waals surface area contributed by atoms with E-state index < -0.39 is 0 Å². The van der Waals surface area contributed by atoms with Gasteiger partial charge in [-0.2, -0.15) is 0 Å². The molecule has 0 aromatic heterocycles. The molecule has 3 nitrogen and oxygen atoms in total. The Hall–Kier alpha value is -0.120. The van der Waals surface area contributed by atoms with Crippen molar-refractivity contribution in [2.24, 2.45) is 5.92 Å². The van der Waals surface area contributed by atoms with Crippen LogP contribution in [0.25, 0.3) is 0 Å². The molecule has 1 saturated heterocycles. The molecule has 1 aliphatic rings. The average molecular weight is 214 g/mol. The molecule has 1 atom stereocenters. The van der Waals surface area contributed by atoms with Gasteiger partial charge in [0.2, 0.25) is 0 Å². The van der Waals surface area contributed by atoms with Gasteiger partial charge in [-0.05, 0) is 64.7 Å². The molecular weight excluding hydrogens is 188 g/mol. The van der Waals surface area contributed by atoms with E-state index in [0.717, 1.165) is 18.8 Å². The predicted octanol–water partition coefficient (Wildman–Crippen LogP) is 1.08. The fourth-order valence-electron chi connectivity index (χ4n) is 2.28. The summed E-state index contributed by atoms with van der Waals surface area (Å²) in [4.78, 5) is 2.44. The standard InChI is InChI=1S/C12H26N2O/c1-14(8-3-2-4-9-15)11-12-6-5-7-13-10-12/h12-13,15H,2-11H2,1H3. The van der Waals surface area contributed by atoms with Crippen LogP contribution < -0.4 is 5.32 Å². The van der Waals surface area contributed by atoms with Gasteiger partial charge in [0.05, 0.1) is 0 Å². The highest BCUT2D eigenvalue weighted by Gasteiger charge is 2.14. The smallest absolute Gasteiger partial charge is 0.0431 e. The minimum atomic E-state index is 0.344. The third kappa shape index (κ3) is 6.13. The van der Waals surface area contributed by atoms with Gasteiger partial charge in [-0.15, -0.1) is 0 Å². The zero-order valence-electron chi connectivity index (χ0n) is 10.0. The third-order valence-corrected chi connectivity index (χ3v) is 3.17. The summed E-state index contributed by atoms with van der Waals surface area (Å²) in [5.74, 6) is 0.849. The van der Waals surface area contributed by atoms with E-state index in [1.54, 1.807) is 0 Å². The summed E-state index contributed by atoms with van der Waals surface area (Å²) in [5.41, 5.74) is 0. The first-order valence-electron chi connectivity index (χ1n) is 6.33. The first kappa shape index (κ1) is 12.9. The van der Waals surface area contributed by atoms with Crippen molar-refractivity contribution >= 4 is 0 Å². The van der Waals surface area contributed by atoms with Crippen LogP contribution in [0.4, 0.5) is 0 Å². The monoisotopic (exact) mass is 214 g/mol. The van der Waals surface area contributed by atoms with Crippen molar-refractivity contribution in [3.05, 3.63) is 0 Å². The Labute approximate surface area is 93.9 Å². The number of aliphatic hydroxyl groups is 1. The van der Waals surface area contributed by atoms with Crippen LogP contribution >= 0.6 is 0 Å². The van der Waals surface area contributed by atoms with Crippen molar-refractivity contribution in [2.75, 3.05) is 39.8 Å². The first-order valence-corrected chi connectivity index (χ1v) is 6.33. The number of nitrogens with zero attached hydrogens (tertiary/aromatic N) is 1. The number of hydrogen-bond donors (Lipinski definition) is 2. The molecule has 0 aromatic carbocycles. The van der Waals surface area contributed by atoms with Crippen LogP contribution in [0.3, 0.4) is 0 Å². The van der Waals surface area contributed by atoms with Crippen LogP contribution in [0.5, 0.6) is 0 Å². The Morgan fingerprint density at radius 1 is 1.33 bits per heavy atom. The van der Waals surface area contributed by atoms with E-state index in [1.165, 1.54) is 45.4 Å². The number of piperidine rings is 1. The second-order valence-electron chi connectivity index (χ2n) is 4.76. The molecule has 1 heterocycles. The van der Waals surface area contributed by atoms with E-state index >= 15 is 0 Å². The molecule has 1 aliphatic heterocycles. The molecule has 0 bridgehead atoms. The molecule has 1 fully saturated rings. The van der Waals surface area contributed by atoms with Crippen LogP contribution in [-0.4, -0.2) is 49.8 Å². The number of rotatable bonds is 7. The Kier molecular flexibility index (Phi) is 6.98. The highest BCUT2D eigenvalue weighted by molar-refractivity contribution is 4.71. The summed E-state index contributed by atoms with van der Waals surface area (Å²) < 4.78 is 0. The highest BCUT2D eigenvalue weighted by atomic mass is 16.2. The van der Waals surface area contributed by atoms with Crippen molar-refractivity contribution in [2.45, 2.75) is 32.1 Å². The largest absolute Gasteiger partial charge is 0.396 e. The molecule has 0 saturated carbocycles. The van der Waals surface area contributed by atoms with Gasteiger partial charge in [0.1, 0.15) is 0 Å². The van der Waals surface area contributed by atoms with Gasteiger partial charge in [-0.25, -0.2) is 0 Å². The summed E-state index contributed by atoms with van der Waals surface area (Å²) in [7, 11) is 2.22. The Balaban J connectivity index is 1.98. The maximum atomic E-state index is 8.67. The quantitative estimate of drug-likeness (QED) is 0.623. The lowest BCUT2D eigenvalue weighted by Crippen LogP contribution is -2.37. The van der Waals surface area contributed by atoms with Crippen molar-refractivity contribution in [3.8, 4) is 0 Å². The van der Waals surface area contributed by atoms with Crippen molar-refractivity contribution in [3.63, 3.8) is 0 Å². The molecule has 0 amide bonds. The predicted molar refractivity (Wildman–Crippen MR) is 64.0 cm³/mol. The third-order valence-electron chi connectivity index (χ3n) is 3.17. The van der Waals surface area contributed by atoms with Gasteiger partial charge >= 0.3 is 0 Å². The summed E-state index contributed by atoms with van der Waals surface area (Å²) in [6.07, 6.45) is 6.05.